The van der Waals surface area contributed by atoms with Crippen LogP contribution in [0.5, 0.6) is 0 Å². The van der Waals surface area contributed by atoms with Gasteiger partial charge < -0.3 is 24.7 Å². The van der Waals surface area contributed by atoms with Gasteiger partial charge >= 0.3 is 13.3 Å². The van der Waals surface area contributed by atoms with Crippen molar-refractivity contribution in [3.63, 3.8) is 0 Å². The van der Waals surface area contributed by atoms with Crippen LogP contribution in [0.1, 0.15) is 12.6 Å². The molecule has 1 aliphatic rings. The number of aliphatic hydroxyl groups excluding tert-OH is 2. The van der Waals surface area contributed by atoms with Gasteiger partial charge in [0.25, 0.3) is 5.56 Å². The molecule has 1 saturated heterocycles. The maximum Gasteiger partial charge on any atom is 0.356 e. The molecule has 0 amide bonds. The molecule has 1 aliphatic heterocycles. The van der Waals surface area contributed by atoms with Crippen LogP contribution in [0, 0.1) is 0 Å². The first-order valence-corrected chi connectivity index (χ1v) is 7.80. The molecule has 14 heteroatoms. The monoisotopic (exact) mass is 349 g/mol. The van der Waals surface area contributed by atoms with E-state index in [1.54, 1.807) is 0 Å². The summed E-state index contributed by atoms with van der Waals surface area (Å²) in [5.74, 6) is -2.28. The van der Waals surface area contributed by atoms with Crippen molar-refractivity contribution in [2.24, 2.45) is 5.11 Å². The number of hydrogen-bond acceptors (Lipinski definition) is 7. The molecule has 0 saturated carbocycles. The lowest BCUT2D eigenvalue weighted by molar-refractivity contribution is -0.0644. The van der Waals surface area contributed by atoms with E-state index in [1.165, 1.54) is 0 Å². The number of aromatic amines is 1. The zero-order chi connectivity index (χ0) is 17.4. The summed E-state index contributed by atoms with van der Waals surface area (Å²) in [6, 6.07) is 0. The van der Waals surface area contributed by atoms with Gasteiger partial charge in [-0.1, -0.05) is 5.11 Å². The molecule has 13 nitrogen and oxygen atoms in total. The Bertz CT molecular complexity index is 807. The average Bonchev–Trinajstić information content (AvgIpc) is 2.81. The Kier molecular flexibility index (Phi) is 4.73. The SMILES string of the molecule is [N-]=[N+]=Nc1cn(C2CC(O)C(C(O)P(=O)(O)O)O2)c(=O)[nH]c1=O. The lowest BCUT2D eigenvalue weighted by atomic mass is 10.2. The predicted molar refractivity (Wildman–Crippen MR) is 72.7 cm³/mol. The van der Waals surface area contributed by atoms with Crippen molar-refractivity contribution in [1.82, 2.24) is 9.55 Å². The van der Waals surface area contributed by atoms with Gasteiger partial charge in [-0.25, -0.2) is 4.79 Å². The summed E-state index contributed by atoms with van der Waals surface area (Å²) in [6.07, 6.45) is -3.74. The molecule has 1 aromatic heterocycles. The first-order valence-electron chi connectivity index (χ1n) is 6.12. The highest BCUT2D eigenvalue weighted by molar-refractivity contribution is 7.52. The molecule has 0 aliphatic carbocycles. The Morgan fingerprint density at radius 3 is 2.74 bits per heavy atom. The summed E-state index contributed by atoms with van der Waals surface area (Å²) >= 11 is 0. The van der Waals surface area contributed by atoms with Crippen LogP contribution < -0.4 is 11.2 Å². The van der Waals surface area contributed by atoms with E-state index < -0.39 is 48.8 Å². The highest BCUT2D eigenvalue weighted by atomic mass is 31.2. The number of azide groups is 1. The average molecular weight is 349 g/mol. The Hall–Kier alpha value is -1.98. The second-order valence-corrected chi connectivity index (χ2v) is 6.44. The topological polar surface area (TPSA) is 211 Å². The number of hydrogen-bond donors (Lipinski definition) is 5. The first-order chi connectivity index (χ1) is 10.6. The second kappa shape index (κ2) is 6.26. The maximum absolute atomic E-state index is 11.8. The molecular formula is C9H12N5O8P. The zero-order valence-corrected chi connectivity index (χ0v) is 12.1. The predicted octanol–water partition coefficient (Wildman–Crippen LogP) is -1.38. The highest BCUT2D eigenvalue weighted by Crippen LogP contribution is 2.46. The molecule has 5 N–H and O–H groups in total. The summed E-state index contributed by atoms with van der Waals surface area (Å²) in [5.41, 5.74) is 6.02. The molecule has 23 heavy (non-hydrogen) atoms. The van der Waals surface area contributed by atoms with E-state index in [9.17, 15) is 24.4 Å². The van der Waals surface area contributed by atoms with Crippen molar-refractivity contribution in [1.29, 1.82) is 0 Å². The minimum absolute atomic E-state index is 0.288. The van der Waals surface area contributed by atoms with E-state index in [-0.39, 0.29) is 6.42 Å². The zero-order valence-electron chi connectivity index (χ0n) is 11.3. The number of H-pyrrole nitrogens is 1. The lowest BCUT2D eigenvalue weighted by Gasteiger charge is -2.22. The van der Waals surface area contributed by atoms with Gasteiger partial charge in [-0.3, -0.25) is 18.9 Å². The van der Waals surface area contributed by atoms with Crippen LogP contribution >= 0.6 is 7.60 Å². The summed E-state index contributed by atoms with van der Waals surface area (Å²) in [7, 11) is -4.94. The molecule has 0 spiro atoms. The second-order valence-electron chi connectivity index (χ2n) is 4.73. The number of nitrogens with one attached hydrogen (secondary N) is 1. The van der Waals surface area contributed by atoms with Crippen molar-refractivity contribution in [2.45, 2.75) is 30.7 Å². The number of aliphatic hydroxyl groups is 2. The molecule has 4 unspecified atom stereocenters. The number of nitrogens with zero attached hydrogens (tertiary/aromatic N) is 4. The van der Waals surface area contributed by atoms with Gasteiger partial charge in [-0.15, -0.1) is 0 Å². The third kappa shape index (κ3) is 3.51. The lowest BCUT2D eigenvalue weighted by Crippen LogP contribution is -2.35. The Morgan fingerprint density at radius 2 is 2.17 bits per heavy atom. The quantitative estimate of drug-likeness (QED) is 0.189. The molecule has 126 valence electrons. The molecule has 1 fully saturated rings. The molecule has 2 heterocycles. The van der Waals surface area contributed by atoms with Crippen LogP contribution in [0.4, 0.5) is 5.69 Å². The van der Waals surface area contributed by atoms with Gasteiger partial charge in [0, 0.05) is 17.5 Å². The van der Waals surface area contributed by atoms with E-state index in [1.807, 2.05) is 4.98 Å². The third-order valence-electron chi connectivity index (χ3n) is 3.19. The van der Waals surface area contributed by atoms with Crippen LogP contribution in [-0.4, -0.2) is 47.6 Å². The first kappa shape index (κ1) is 17.4. The van der Waals surface area contributed by atoms with Crippen LogP contribution in [0.3, 0.4) is 0 Å². The number of ether oxygens (including phenoxy) is 1. The van der Waals surface area contributed by atoms with E-state index in [0.717, 1.165) is 10.8 Å². The fraction of sp³-hybridized carbons (Fsp3) is 0.556. The third-order valence-corrected chi connectivity index (χ3v) is 4.17. The summed E-state index contributed by atoms with van der Waals surface area (Å²) in [4.78, 5) is 45.3. The molecule has 2 rings (SSSR count). The largest absolute Gasteiger partial charge is 0.390 e. The van der Waals surface area contributed by atoms with E-state index in [4.69, 9.17) is 20.1 Å². The van der Waals surface area contributed by atoms with Gasteiger partial charge in [0.05, 0.1) is 6.10 Å². The van der Waals surface area contributed by atoms with Crippen LogP contribution in [-0.2, 0) is 9.30 Å². The normalized spacial score (nSPS) is 25.8. The minimum Gasteiger partial charge on any atom is -0.390 e. The Labute approximate surface area is 126 Å². The smallest absolute Gasteiger partial charge is 0.356 e. The Balaban J connectivity index is 2.36. The molecular weight excluding hydrogens is 337 g/mol. The van der Waals surface area contributed by atoms with Crippen LogP contribution in [0.25, 0.3) is 10.4 Å². The van der Waals surface area contributed by atoms with Gasteiger partial charge in [0.2, 0.25) is 0 Å². The maximum atomic E-state index is 11.8. The standard InChI is InChI=1S/C9H12N5O8P/c10-13-12-3-2-14(9(18)11-7(3)16)5-1-4(15)6(22-5)8(17)23(19,20)21/h2,4-6,8,15,17H,1H2,(H,11,16,18)(H2,19,20,21). The van der Waals surface area contributed by atoms with Gasteiger partial charge in [0.15, 0.2) is 5.85 Å². The Morgan fingerprint density at radius 1 is 1.52 bits per heavy atom. The molecule has 0 aromatic carbocycles. The summed E-state index contributed by atoms with van der Waals surface area (Å²) in [5, 5.41) is 22.4. The fourth-order valence-corrected chi connectivity index (χ4v) is 2.77. The minimum atomic E-state index is -4.94. The number of rotatable bonds is 4. The van der Waals surface area contributed by atoms with Crippen molar-refractivity contribution in [3.8, 4) is 0 Å². The van der Waals surface area contributed by atoms with Gasteiger partial charge in [0.1, 0.15) is 18.0 Å². The number of aromatic nitrogens is 2. The van der Waals surface area contributed by atoms with Crippen molar-refractivity contribution >= 4 is 13.3 Å². The van der Waals surface area contributed by atoms with Gasteiger partial charge in [-0.2, -0.15) is 0 Å². The summed E-state index contributed by atoms with van der Waals surface area (Å²) < 4.78 is 16.9. The highest BCUT2D eigenvalue weighted by Gasteiger charge is 2.46. The molecule has 4 atom stereocenters. The summed E-state index contributed by atoms with van der Waals surface area (Å²) in [6.45, 7) is 0. The molecule has 1 aromatic rings. The molecule has 0 radical (unpaired) electrons. The van der Waals surface area contributed by atoms with Crippen LogP contribution in [0.15, 0.2) is 20.9 Å². The van der Waals surface area contributed by atoms with E-state index >= 15 is 0 Å². The van der Waals surface area contributed by atoms with E-state index in [2.05, 4.69) is 10.0 Å². The molecule has 0 bridgehead atoms. The van der Waals surface area contributed by atoms with Crippen molar-refractivity contribution < 1.29 is 29.3 Å². The van der Waals surface area contributed by atoms with E-state index in [0.29, 0.717) is 0 Å². The fourth-order valence-electron chi connectivity index (χ4n) is 2.12. The van der Waals surface area contributed by atoms with Crippen molar-refractivity contribution in [2.75, 3.05) is 0 Å². The van der Waals surface area contributed by atoms with Crippen LogP contribution in [0.2, 0.25) is 0 Å². The van der Waals surface area contributed by atoms with Crippen molar-refractivity contribution in [3.05, 3.63) is 37.5 Å². The van der Waals surface area contributed by atoms with Gasteiger partial charge in [-0.05, 0) is 5.53 Å².